The van der Waals surface area contributed by atoms with Gasteiger partial charge in [0.15, 0.2) is 0 Å². The summed E-state index contributed by atoms with van der Waals surface area (Å²) in [6, 6.07) is 0. The molecule has 4 heteroatoms. The van der Waals surface area contributed by atoms with Gasteiger partial charge in [0.25, 0.3) is 0 Å². The van der Waals surface area contributed by atoms with E-state index in [-0.39, 0.29) is 0 Å². The summed E-state index contributed by atoms with van der Waals surface area (Å²) in [6.45, 7) is 1.13. The van der Waals surface area contributed by atoms with Crippen LogP contribution in [0.4, 0.5) is 4.79 Å². The Morgan fingerprint density at radius 1 is 1.50 bits per heavy atom. The molecule has 1 aromatic heterocycles. The molecule has 1 aliphatic rings. The zero-order chi connectivity index (χ0) is 8.55. The van der Waals surface area contributed by atoms with Gasteiger partial charge in [-0.15, -0.1) is 0 Å². The van der Waals surface area contributed by atoms with E-state index in [2.05, 4.69) is 4.98 Å². The van der Waals surface area contributed by atoms with Crippen LogP contribution in [0.15, 0.2) is 12.4 Å². The lowest BCUT2D eigenvalue weighted by atomic mass is 10.1. The zero-order valence-electron chi connectivity index (χ0n) is 6.58. The van der Waals surface area contributed by atoms with E-state index in [9.17, 15) is 4.79 Å². The Hall–Kier alpha value is -1.45. The smallest absolute Gasteiger partial charge is 0.407 e. The maximum Gasteiger partial charge on any atom is 0.407 e. The lowest BCUT2D eigenvalue weighted by molar-refractivity contribution is 0.140. The second kappa shape index (κ2) is 2.55. The number of rotatable bonds is 0. The van der Waals surface area contributed by atoms with E-state index < -0.39 is 6.09 Å². The molecule has 0 atom stereocenters. The van der Waals surface area contributed by atoms with E-state index in [1.807, 2.05) is 12.4 Å². The van der Waals surface area contributed by atoms with E-state index in [4.69, 9.17) is 5.11 Å². The van der Waals surface area contributed by atoms with Crippen molar-refractivity contribution >= 4 is 6.09 Å². The Morgan fingerprint density at radius 3 is 3.00 bits per heavy atom. The number of carboxylic acid groups (broad SMARTS) is 1. The zero-order valence-corrected chi connectivity index (χ0v) is 6.58. The van der Waals surface area contributed by atoms with Gasteiger partial charge in [-0.1, -0.05) is 0 Å². The van der Waals surface area contributed by atoms with Crippen molar-refractivity contribution in [3.63, 3.8) is 0 Å². The van der Waals surface area contributed by atoms with Crippen molar-refractivity contribution in [3.8, 4) is 0 Å². The van der Waals surface area contributed by atoms with Crippen LogP contribution in [0.25, 0.3) is 0 Å². The quantitative estimate of drug-likeness (QED) is 0.605. The van der Waals surface area contributed by atoms with Crippen LogP contribution >= 0.6 is 0 Å². The molecule has 0 saturated heterocycles. The number of nitrogens with zero attached hydrogens (tertiary/aromatic N) is 1. The summed E-state index contributed by atoms with van der Waals surface area (Å²) in [5.41, 5.74) is 2.34. The molecule has 0 bridgehead atoms. The van der Waals surface area contributed by atoms with E-state index in [1.54, 1.807) is 0 Å². The molecule has 64 valence electrons. The summed E-state index contributed by atoms with van der Waals surface area (Å²) in [4.78, 5) is 15.0. The largest absolute Gasteiger partial charge is 0.465 e. The van der Waals surface area contributed by atoms with Gasteiger partial charge in [0.1, 0.15) is 0 Å². The van der Waals surface area contributed by atoms with Crippen LogP contribution in [0, 0.1) is 0 Å². The van der Waals surface area contributed by atoms with E-state index in [0.717, 1.165) is 12.0 Å². The number of aromatic nitrogens is 1. The fraction of sp³-hybridized carbons (Fsp3) is 0.375. The summed E-state index contributed by atoms with van der Waals surface area (Å²) in [5, 5.41) is 8.72. The highest BCUT2D eigenvalue weighted by atomic mass is 16.4. The van der Waals surface area contributed by atoms with Crippen molar-refractivity contribution in [2.45, 2.75) is 13.0 Å². The Bertz CT molecular complexity index is 306. The van der Waals surface area contributed by atoms with Gasteiger partial charge < -0.3 is 15.0 Å². The Kier molecular flexibility index (Phi) is 1.53. The molecule has 0 fully saturated rings. The van der Waals surface area contributed by atoms with E-state index >= 15 is 0 Å². The third-order valence-electron chi connectivity index (χ3n) is 2.21. The van der Waals surface area contributed by atoms with Gasteiger partial charge in [0.05, 0.1) is 6.54 Å². The molecule has 0 saturated carbocycles. The highest BCUT2D eigenvalue weighted by Crippen LogP contribution is 2.17. The van der Waals surface area contributed by atoms with Crippen molar-refractivity contribution in [1.82, 2.24) is 9.88 Å². The highest BCUT2D eigenvalue weighted by molar-refractivity contribution is 5.65. The van der Waals surface area contributed by atoms with Crippen LogP contribution in [0.5, 0.6) is 0 Å². The number of fused-ring (bicyclic) bond motifs is 1. The maximum atomic E-state index is 10.6. The third-order valence-corrected chi connectivity index (χ3v) is 2.21. The van der Waals surface area contributed by atoms with Crippen LogP contribution < -0.4 is 0 Å². The summed E-state index contributed by atoms with van der Waals surface area (Å²) in [5.74, 6) is 0. The van der Waals surface area contributed by atoms with Crippen LogP contribution in [0.1, 0.15) is 11.1 Å². The standard InChI is InChI=1S/C8H10N2O2/c11-8(12)10-2-1-6-3-9-4-7(6)5-10/h3-4,9H,1-2,5H2,(H,11,12). The molecule has 0 aliphatic carbocycles. The van der Waals surface area contributed by atoms with Crippen LogP contribution in [-0.2, 0) is 13.0 Å². The minimum atomic E-state index is -0.832. The number of nitrogens with one attached hydrogen (secondary N) is 1. The molecule has 2 N–H and O–H groups in total. The first-order chi connectivity index (χ1) is 5.77. The Labute approximate surface area is 69.8 Å². The van der Waals surface area contributed by atoms with Gasteiger partial charge in [0, 0.05) is 18.9 Å². The van der Waals surface area contributed by atoms with Gasteiger partial charge in [0.2, 0.25) is 0 Å². The van der Waals surface area contributed by atoms with Gasteiger partial charge in [-0.3, -0.25) is 0 Å². The molecule has 0 aromatic carbocycles. The number of hydrogen-bond donors (Lipinski definition) is 2. The number of H-pyrrole nitrogens is 1. The molecular formula is C8H10N2O2. The van der Waals surface area contributed by atoms with Crippen LogP contribution in [-0.4, -0.2) is 27.6 Å². The average molecular weight is 166 g/mol. The molecule has 0 unspecified atom stereocenters. The molecule has 12 heavy (non-hydrogen) atoms. The molecule has 2 rings (SSSR count). The maximum absolute atomic E-state index is 10.6. The second-order valence-corrected chi connectivity index (χ2v) is 2.96. The Balaban J connectivity index is 2.20. The van der Waals surface area contributed by atoms with Crippen LogP contribution in [0.3, 0.4) is 0 Å². The molecule has 0 radical (unpaired) electrons. The normalized spacial score (nSPS) is 15.8. The van der Waals surface area contributed by atoms with Gasteiger partial charge in [-0.2, -0.15) is 0 Å². The number of amides is 1. The SMILES string of the molecule is O=C(O)N1CCc2c[nH]cc2C1. The number of hydrogen-bond acceptors (Lipinski definition) is 1. The van der Waals surface area contributed by atoms with Crippen molar-refractivity contribution in [2.75, 3.05) is 6.54 Å². The van der Waals surface area contributed by atoms with Crippen molar-refractivity contribution in [2.24, 2.45) is 0 Å². The molecule has 1 aromatic rings. The average Bonchev–Trinajstić information content (AvgIpc) is 2.49. The van der Waals surface area contributed by atoms with Crippen molar-refractivity contribution in [3.05, 3.63) is 23.5 Å². The number of carbonyl (C=O) groups is 1. The van der Waals surface area contributed by atoms with Crippen molar-refractivity contribution in [1.29, 1.82) is 0 Å². The van der Waals surface area contributed by atoms with E-state index in [0.29, 0.717) is 13.1 Å². The molecular weight excluding hydrogens is 156 g/mol. The van der Waals surface area contributed by atoms with Gasteiger partial charge in [-0.25, -0.2) is 4.79 Å². The predicted octanol–water partition coefficient (Wildman–Crippen LogP) is 1.05. The molecule has 2 heterocycles. The first-order valence-corrected chi connectivity index (χ1v) is 3.90. The fourth-order valence-electron chi connectivity index (χ4n) is 1.51. The summed E-state index contributed by atoms with van der Waals surface area (Å²) >= 11 is 0. The monoisotopic (exact) mass is 166 g/mol. The second-order valence-electron chi connectivity index (χ2n) is 2.96. The molecule has 0 spiro atoms. The van der Waals surface area contributed by atoms with Gasteiger partial charge in [-0.05, 0) is 17.5 Å². The minimum Gasteiger partial charge on any atom is -0.465 e. The molecule has 1 amide bonds. The highest BCUT2D eigenvalue weighted by Gasteiger charge is 2.19. The summed E-state index contributed by atoms with van der Waals surface area (Å²) < 4.78 is 0. The minimum absolute atomic E-state index is 0.522. The molecule has 4 nitrogen and oxygen atoms in total. The molecule has 1 aliphatic heterocycles. The number of aromatic amines is 1. The lowest BCUT2D eigenvalue weighted by Crippen LogP contribution is -2.34. The third kappa shape index (κ3) is 1.05. The summed E-state index contributed by atoms with van der Waals surface area (Å²) in [7, 11) is 0. The topological polar surface area (TPSA) is 56.3 Å². The first kappa shape index (κ1) is 7.21. The van der Waals surface area contributed by atoms with Crippen molar-refractivity contribution < 1.29 is 9.90 Å². The first-order valence-electron chi connectivity index (χ1n) is 3.90. The van der Waals surface area contributed by atoms with Crippen LogP contribution in [0.2, 0.25) is 0 Å². The lowest BCUT2D eigenvalue weighted by Gasteiger charge is -2.23. The Morgan fingerprint density at radius 2 is 2.25 bits per heavy atom. The van der Waals surface area contributed by atoms with E-state index in [1.165, 1.54) is 10.5 Å². The predicted molar refractivity (Wildman–Crippen MR) is 42.9 cm³/mol. The van der Waals surface area contributed by atoms with Gasteiger partial charge >= 0.3 is 6.09 Å². The summed E-state index contributed by atoms with van der Waals surface area (Å²) in [6.07, 6.45) is 3.80. The fourth-order valence-corrected chi connectivity index (χ4v) is 1.51.